The van der Waals surface area contributed by atoms with Gasteiger partial charge in [-0.25, -0.2) is 4.98 Å². The van der Waals surface area contributed by atoms with Crippen LogP contribution in [-0.4, -0.2) is 11.2 Å². The number of hydrogen-bond acceptors (Lipinski definition) is 3. The van der Waals surface area contributed by atoms with Gasteiger partial charge in [0.1, 0.15) is 0 Å². The largest absolute Gasteiger partial charge is 0.232 e. The lowest BCUT2D eigenvalue weighted by Crippen LogP contribution is -1.59. The van der Waals surface area contributed by atoms with Crippen LogP contribution >= 0.6 is 34.7 Å². The van der Waals surface area contributed by atoms with E-state index in [-0.39, 0.29) is 0 Å². The molecule has 0 N–H and O–H groups in total. The molecule has 1 aromatic rings. The Bertz CT molecular complexity index is 174. The molecule has 4 heteroatoms. The molecule has 0 amide bonds. The van der Waals surface area contributed by atoms with Gasteiger partial charge in [0.2, 0.25) is 0 Å². The van der Waals surface area contributed by atoms with E-state index in [1.165, 1.54) is 0 Å². The van der Waals surface area contributed by atoms with Crippen molar-refractivity contribution in [3.63, 3.8) is 0 Å². The van der Waals surface area contributed by atoms with Crippen molar-refractivity contribution in [2.75, 3.05) is 6.26 Å². The molecule has 0 aliphatic heterocycles. The molecule has 0 atom stereocenters. The van der Waals surface area contributed by atoms with Crippen molar-refractivity contribution in [1.29, 1.82) is 0 Å². The van der Waals surface area contributed by atoms with Crippen molar-refractivity contribution < 1.29 is 0 Å². The van der Waals surface area contributed by atoms with Gasteiger partial charge in [-0.15, -0.1) is 23.1 Å². The third kappa shape index (κ3) is 1.16. The smallest absolute Gasteiger partial charge is 0.153 e. The number of hydrogen-bond donors (Lipinski definition) is 0. The summed E-state index contributed by atoms with van der Waals surface area (Å²) in [5, 5.41) is 0.627. The van der Waals surface area contributed by atoms with Crippen LogP contribution < -0.4 is 0 Å². The van der Waals surface area contributed by atoms with Crippen molar-refractivity contribution in [2.45, 2.75) is 4.21 Å². The molecular weight excluding hydrogens is 162 g/mol. The average molecular weight is 166 g/mol. The fourth-order valence-electron chi connectivity index (χ4n) is 0.354. The summed E-state index contributed by atoms with van der Waals surface area (Å²) in [6.07, 6.45) is 1.99. The van der Waals surface area contributed by atoms with E-state index in [1.54, 1.807) is 28.6 Å². The molecule has 1 nitrogen and oxygen atoms in total. The van der Waals surface area contributed by atoms with Crippen LogP contribution in [0.3, 0.4) is 0 Å². The molecule has 8 heavy (non-hydrogen) atoms. The molecule has 1 heterocycles. The summed E-state index contributed by atoms with van der Waals surface area (Å²) in [4.78, 5) is 3.85. The minimum Gasteiger partial charge on any atom is -0.232 e. The fraction of sp³-hybridized carbons (Fsp3) is 0.250. The van der Waals surface area contributed by atoms with Gasteiger partial charge >= 0.3 is 0 Å². The highest BCUT2D eigenvalue weighted by Crippen LogP contribution is 2.27. The second-order valence-electron chi connectivity index (χ2n) is 1.13. The van der Waals surface area contributed by atoms with Crippen LogP contribution in [0.15, 0.2) is 9.72 Å². The van der Waals surface area contributed by atoms with Gasteiger partial charge in [0.05, 0.1) is 9.72 Å². The first kappa shape index (κ1) is 6.39. The van der Waals surface area contributed by atoms with Crippen LogP contribution in [0.5, 0.6) is 0 Å². The second kappa shape index (κ2) is 2.71. The van der Waals surface area contributed by atoms with Crippen molar-refractivity contribution in [3.8, 4) is 0 Å². The summed E-state index contributed by atoms with van der Waals surface area (Å²) in [5.74, 6) is 0. The fourth-order valence-corrected chi connectivity index (χ4v) is 1.96. The summed E-state index contributed by atoms with van der Waals surface area (Å²) >= 11 is 8.81. The summed E-state index contributed by atoms with van der Waals surface area (Å²) in [6.45, 7) is 0. The Hall–Kier alpha value is 0.270. The van der Waals surface area contributed by atoms with E-state index >= 15 is 0 Å². The summed E-state index contributed by atoms with van der Waals surface area (Å²) in [7, 11) is 0. The number of nitrogens with zero attached hydrogens (tertiary/aromatic N) is 1. The maximum Gasteiger partial charge on any atom is 0.153 e. The van der Waals surface area contributed by atoms with Crippen LogP contribution in [0.25, 0.3) is 0 Å². The molecule has 0 aliphatic carbocycles. The SMILES string of the molecule is CSc1scnc1Cl. The van der Waals surface area contributed by atoms with E-state index < -0.39 is 0 Å². The minimum atomic E-state index is 0.627. The predicted octanol–water partition coefficient (Wildman–Crippen LogP) is 2.52. The molecule has 0 aliphatic rings. The van der Waals surface area contributed by atoms with Gasteiger partial charge in [-0.05, 0) is 6.26 Å². The Morgan fingerprint density at radius 1 is 1.88 bits per heavy atom. The number of aromatic nitrogens is 1. The normalized spacial score (nSPS) is 9.75. The molecular formula is C4H4ClNS2. The first-order valence-electron chi connectivity index (χ1n) is 1.97. The molecule has 0 bridgehead atoms. The molecule has 0 aromatic carbocycles. The molecule has 0 spiro atoms. The molecule has 44 valence electrons. The molecule has 0 saturated heterocycles. The van der Waals surface area contributed by atoms with Crippen molar-refractivity contribution in [1.82, 2.24) is 4.98 Å². The standard InChI is InChI=1S/C4H4ClNS2/c1-7-4-3(5)6-2-8-4/h2H,1H3. The van der Waals surface area contributed by atoms with Crippen LogP contribution in [0.4, 0.5) is 0 Å². The quantitative estimate of drug-likeness (QED) is 0.594. The summed E-state index contributed by atoms with van der Waals surface area (Å²) in [5.41, 5.74) is 1.74. The zero-order chi connectivity index (χ0) is 5.98. The molecule has 0 unspecified atom stereocenters. The molecule has 0 radical (unpaired) electrons. The summed E-state index contributed by atoms with van der Waals surface area (Å²) < 4.78 is 1.09. The average Bonchev–Trinajstić information content (AvgIpc) is 2.14. The second-order valence-corrected chi connectivity index (χ2v) is 3.42. The lowest BCUT2D eigenvalue weighted by molar-refractivity contribution is 1.38. The van der Waals surface area contributed by atoms with E-state index in [9.17, 15) is 0 Å². The number of thioether (sulfide) groups is 1. The van der Waals surface area contributed by atoms with Gasteiger partial charge in [0.25, 0.3) is 0 Å². The first-order valence-corrected chi connectivity index (χ1v) is 4.46. The molecule has 0 saturated carbocycles. The number of halogens is 1. The highest BCUT2D eigenvalue weighted by Gasteiger charge is 1.97. The number of thiazole rings is 1. The predicted molar refractivity (Wildman–Crippen MR) is 38.9 cm³/mol. The molecule has 1 aromatic heterocycles. The van der Waals surface area contributed by atoms with E-state index in [0.717, 1.165) is 4.21 Å². The van der Waals surface area contributed by atoms with Gasteiger partial charge in [-0.2, -0.15) is 0 Å². The van der Waals surface area contributed by atoms with Crippen molar-refractivity contribution >= 4 is 34.7 Å². The van der Waals surface area contributed by atoms with Gasteiger partial charge in [-0.1, -0.05) is 11.6 Å². The zero-order valence-corrected chi connectivity index (χ0v) is 6.61. The van der Waals surface area contributed by atoms with Crippen LogP contribution in [0, 0.1) is 0 Å². The lowest BCUT2D eigenvalue weighted by Gasteiger charge is -1.83. The van der Waals surface area contributed by atoms with Gasteiger partial charge in [0, 0.05) is 0 Å². The van der Waals surface area contributed by atoms with E-state index in [2.05, 4.69) is 4.98 Å². The van der Waals surface area contributed by atoms with E-state index in [1.807, 2.05) is 6.26 Å². The molecule has 0 fully saturated rings. The van der Waals surface area contributed by atoms with Gasteiger partial charge < -0.3 is 0 Å². The van der Waals surface area contributed by atoms with Crippen molar-refractivity contribution in [2.24, 2.45) is 0 Å². The van der Waals surface area contributed by atoms with Gasteiger partial charge in [-0.3, -0.25) is 0 Å². The van der Waals surface area contributed by atoms with Crippen LogP contribution in [0.1, 0.15) is 0 Å². The Balaban J connectivity index is 2.92. The Morgan fingerprint density at radius 2 is 2.62 bits per heavy atom. The topological polar surface area (TPSA) is 12.9 Å². The highest BCUT2D eigenvalue weighted by molar-refractivity contribution is 8.00. The Morgan fingerprint density at radius 3 is 2.88 bits per heavy atom. The van der Waals surface area contributed by atoms with Crippen molar-refractivity contribution in [3.05, 3.63) is 10.7 Å². The van der Waals surface area contributed by atoms with Gasteiger partial charge in [0.15, 0.2) is 5.15 Å². The molecule has 1 rings (SSSR count). The highest BCUT2D eigenvalue weighted by atomic mass is 35.5. The summed E-state index contributed by atoms with van der Waals surface area (Å²) in [6, 6.07) is 0. The van der Waals surface area contributed by atoms with E-state index in [4.69, 9.17) is 11.6 Å². The Kier molecular flexibility index (Phi) is 2.16. The zero-order valence-electron chi connectivity index (χ0n) is 4.22. The lowest BCUT2D eigenvalue weighted by atomic mass is 11.0. The minimum absolute atomic E-state index is 0.627. The monoisotopic (exact) mass is 165 g/mol. The maximum atomic E-state index is 5.62. The van der Waals surface area contributed by atoms with Crippen LogP contribution in [-0.2, 0) is 0 Å². The number of rotatable bonds is 1. The third-order valence-electron chi connectivity index (χ3n) is 0.680. The van der Waals surface area contributed by atoms with Crippen LogP contribution in [0.2, 0.25) is 5.15 Å². The Labute approximate surface area is 61.1 Å². The maximum absolute atomic E-state index is 5.62. The third-order valence-corrected chi connectivity index (χ3v) is 3.16. The van der Waals surface area contributed by atoms with E-state index in [0.29, 0.717) is 5.15 Å². The first-order chi connectivity index (χ1) is 3.84.